The fraction of sp³-hybridized carbons (Fsp3) is 0.294. The second-order valence-corrected chi connectivity index (χ2v) is 10.1. The summed E-state index contributed by atoms with van der Waals surface area (Å²) < 4.78 is 11.3. The molecule has 4 aromatic carbocycles. The van der Waals surface area contributed by atoms with Gasteiger partial charge in [0.2, 0.25) is 0 Å². The molecule has 204 valence electrons. The number of benzene rings is 4. The van der Waals surface area contributed by atoms with Gasteiger partial charge < -0.3 is 24.6 Å². The number of hydrogen-bond acceptors (Lipinski definition) is 5. The van der Waals surface area contributed by atoms with Crippen molar-refractivity contribution in [2.75, 3.05) is 24.7 Å². The molecule has 5 nitrogen and oxygen atoms in total. The second kappa shape index (κ2) is 13.9. The molecule has 0 aliphatic carbocycles. The fourth-order valence-electron chi connectivity index (χ4n) is 4.28. The molecule has 2 N–H and O–H groups in total. The minimum Gasteiger partial charge on any atom is -0.491 e. The van der Waals surface area contributed by atoms with Crippen LogP contribution in [0.3, 0.4) is 0 Å². The van der Waals surface area contributed by atoms with E-state index in [1.807, 2.05) is 19.1 Å². The van der Waals surface area contributed by atoms with Gasteiger partial charge in [-0.3, -0.25) is 0 Å². The Morgan fingerprint density at radius 1 is 0.641 bits per heavy atom. The van der Waals surface area contributed by atoms with Gasteiger partial charge in [-0.05, 0) is 93.3 Å². The van der Waals surface area contributed by atoms with Gasteiger partial charge in [-0.2, -0.15) is 0 Å². The van der Waals surface area contributed by atoms with Gasteiger partial charge in [0, 0.05) is 17.1 Å². The summed E-state index contributed by atoms with van der Waals surface area (Å²) in [6.45, 7) is 6.27. The Labute approximate surface area is 232 Å². The summed E-state index contributed by atoms with van der Waals surface area (Å²) in [5.74, 6) is 0.786. The average molecular weight is 526 g/mol. The lowest BCUT2D eigenvalue weighted by atomic mass is 10.0. The Bertz CT molecular complexity index is 1220. The summed E-state index contributed by atoms with van der Waals surface area (Å²) in [6.07, 6.45) is 0.857. The van der Waals surface area contributed by atoms with Crippen molar-refractivity contribution < 1.29 is 19.7 Å². The lowest BCUT2D eigenvalue weighted by molar-refractivity contribution is -0.0353. The van der Waals surface area contributed by atoms with Gasteiger partial charge >= 0.3 is 0 Å². The predicted molar refractivity (Wildman–Crippen MR) is 158 cm³/mol. The molecule has 0 bridgehead atoms. The minimum atomic E-state index is -0.858. The van der Waals surface area contributed by atoms with E-state index in [2.05, 4.69) is 104 Å². The Hall–Kier alpha value is -3.64. The molecular formula is C34H39NO4. The molecule has 0 spiro atoms. The Morgan fingerprint density at radius 2 is 1.08 bits per heavy atom. The van der Waals surface area contributed by atoms with E-state index in [0.29, 0.717) is 6.61 Å². The fourth-order valence-corrected chi connectivity index (χ4v) is 4.28. The van der Waals surface area contributed by atoms with Gasteiger partial charge in [-0.15, -0.1) is 0 Å². The zero-order valence-corrected chi connectivity index (χ0v) is 23.1. The van der Waals surface area contributed by atoms with Crippen molar-refractivity contribution in [3.8, 4) is 5.75 Å². The summed E-state index contributed by atoms with van der Waals surface area (Å²) in [7, 11) is 0. The molecule has 0 aliphatic heterocycles. The van der Waals surface area contributed by atoms with Gasteiger partial charge in [0.1, 0.15) is 18.5 Å². The van der Waals surface area contributed by atoms with E-state index in [9.17, 15) is 5.11 Å². The van der Waals surface area contributed by atoms with Crippen molar-refractivity contribution in [2.45, 2.75) is 45.8 Å². The van der Waals surface area contributed by atoms with Crippen LogP contribution in [0.5, 0.6) is 5.75 Å². The summed E-state index contributed by atoms with van der Waals surface area (Å²) in [5, 5.41) is 18.3. The van der Waals surface area contributed by atoms with E-state index in [1.54, 1.807) is 0 Å². The highest BCUT2D eigenvalue weighted by atomic mass is 16.5. The van der Waals surface area contributed by atoms with Crippen molar-refractivity contribution in [3.05, 3.63) is 119 Å². The molecule has 0 aliphatic rings. The van der Waals surface area contributed by atoms with Gasteiger partial charge in [0.25, 0.3) is 0 Å². The number of anilines is 3. The summed E-state index contributed by atoms with van der Waals surface area (Å²) >= 11 is 0. The van der Waals surface area contributed by atoms with Crippen LogP contribution in [-0.2, 0) is 17.6 Å². The van der Waals surface area contributed by atoms with Crippen LogP contribution in [0.2, 0.25) is 0 Å². The van der Waals surface area contributed by atoms with E-state index in [1.165, 1.54) is 22.3 Å². The van der Waals surface area contributed by atoms with Crippen molar-refractivity contribution in [1.29, 1.82) is 0 Å². The van der Waals surface area contributed by atoms with Crippen LogP contribution in [0.4, 0.5) is 17.1 Å². The molecule has 0 heterocycles. The SMILES string of the molecule is Cc1ccc(N(c2ccc(C)cc2)c2ccc(CCc3ccc(OCC(C)OCC(O)CO)cc3)cc2)cc1. The molecule has 39 heavy (non-hydrogen) atoms. The maximum atomic E-state index is 9.39. The normalized spacial score (nSPS) is 12.6. The molecule has 4 rings (SSSR count). The molecule has 0 aromatic heterocycles. The zero-order valence-electron chi connectivity index (χ0n) is 23.1. The third-order valence-electron chi connectivity index (χ3n) is 6.67. The van der Waals surface area contributed by atoms with Gasteiger partial charge in [-0.1, -0.05) is 59.7 Å². The monoisotopic (exact) mass is 525 g/mol. The highest BCUT2D eigenvalue weighted by Crippen LogP contribution is 2.34. The van der Waals surface area contributed by atoms with Crippen molar-refractivity contribution in [1.82, 2.24) is 0 Å². The minimum absolute atomic E-state index is 0.0941. The number of aryl methyl sites for hydroxylation is 4. The Balaban J connectivity index is 1.35. The first-order valence-corrected chi connectivity index (χ1v) is 13.6. The quantitative estimate of drug-likeness (QED) is 0.204. The lowest BCUT2D eigenvalue weighted by Crippen LogP contribution is -2.26. The van der Waals surface area contributed by atoms with E-state index < -0.39 is 6.10 Å². The van der Waals surface area contributed by atoms with E-state index >= 15 is 0 Å². The van der Waals surface area contributed by atoms with Crippen LogP contribution in [-0.4, -0.2) is 42.2 Å². The number of hydrogen-bond donors (Lipinski definition) is 2. The predicted octanol–water partition coefficient (Wildman–Crippen LogP) is 6.70. The first-order valence-electron chi connectivity index (χ1n) is 13.6. The van der Waals surface area contributed by atoms with Gasteiger partial charge in [-0.25, -0.2) is 0 Å². The molecule has 0 radical (unpaired) electrons. The highest BCUT2D eigenvalue weighted by Gasteiger charge is 2.12. The molecule has 4 aromatic rings. The molecule has 0 amide bonds. The molecular weight excluding hydrogens is 486 g/mol. The van der Waals surface area contributed by atoms with Crippen molar-refractivity contribution in [2.24, 2.45) is 0 Å². The van der Waals surface area contributed by atoms with Crippen LogP contribution >= 0.6 is 0 Å². The molecule has 0 fully saturated rings. The summed E-state index contributed by atoms with van der Waals surface area (Å²) in [6, 6.07) is 34.3. The van der Waals surface area contributed by atoms with Crippen LogP contribution < -0.4 is 9.64 Å². The number of aliphatic hydroxyl groups is 2. The molecule has 0 saturated heterocycles. The lowest BCUT2D eigenvalue weighted by Gasteiger charge is -2.26. The molecule has 2 unspecified atom stereocenters. The Morgan fingerprint density at radius 3 is 1.54 bits per heavy atom. The first kappa shape index (κ1) is 28.4. The average Bonchev–Trinajstić information content (AvgIpc) is 2.97. The maximum absolute atomic E-state index is 9.39. The van der Waals surface area contributed by atoms with Gasteiger partial charge in [0.05, 0.1) is 19.3 Å². The summed E-state index contributed by atoms with van der Waals surface area (Å²) in [4.78, 5) is 2.29. The zero-order chi connectivity index (χ0) is 27.6. The van der Waals surface area contributed by atoms with E-state index in [-0.39, 0.29) is 19.3 Å². The summed E-state index contributed by atoms with van der Waals surface area (Å²) in [5.41, 5.74) is 8.46. The van der Waals surface area contributed by atoms with Crippen LogP contribution in [0, 0.1) is 13.8 Å². The molecule has 2 atom stereocenters. The third kappa shape index (κ3) is 8.42. The molecule has 0 saturated carbocycles. The topological polar surface area (TPSA) is 62.2 Å². The second-order valence-electron chi connectivity index (χ2n) is 10.1. The Kier molecular flexibility index (Phi) is 10.1. The number of ether oxygens (including phenoxy) is 2. The molecule has 5 heteroatoms. The first-order chi connectivity index (χ1) is 18.9. The van der Waals surface area contributed by atoms with E-state index in [0.717, 1.165) is 35.7 Å². The standard InChI is InChI=1S/C34H39NO4/c1-25-4-14-30(15-5-25)35(31-16-6-26(2)7-17-31)32-18-10-28(11-19-32)8-9-29-12-20-34(21-13-29)39-23-27(3)38-24-33(37)22-36/h4-7,10-21,27,33,36-37H,8-9,22-24H2,1-3H3. The number of nitrogens with zero attached hydrogens (tertiary/aromatic N) is 1. The highest BCUT2D eigenvalue weighted by molar-refractivity contribution is 5.76. The van der Waals surface area contributed by atoms with Crippen LogP contribution in [0.25, 0.3) is 0 Å². The smallest absolute Gasteiger partial charge is 0.119 e. The van der Waals surface area contributed by atoms with Gasteiger partial charge in [0.15, 0.2) is 0 Å². The maximum Gasteiger partial charge on any atom is 0.119 e. The largest absolute Gasteiger partial charge is 0.491 e. The van der Waals surface area contributed by atoms with Crippen molar-refractivity contribution >= 4 is 17.1 Å². The van der Waals surface area contributed by atoms with E-state index in [4.69, 9.17) is 14.6 Å². The number of rotatable bonds is 13. The third-order valence-corrected chi connectivity index (χ3v) is 6.67. The number of aliphatic hydroxyl groups excluding tert-OH is 2. The van der Waals surface area contributed by atoms with Crippen molar-refractivity contribution in [3.63, 3.8) is 0 Å². The van der Waals surface area contributed by atoms with Crippen LogP contribution in [0.15, 0.2) is 97.1 Å². The van der Waals surface area contributed by atoms with Crippen LogP contribution in [0.1, 0.15) is 29.2 Å².